The van der Waals surface area contributed by atoms with E-state index < -0.39 is 38.6 Å². The monoisotopic (exact) mass is 700 g/mol. The largest absolute Gasteiger partial charge is 1.00 e. The van der Waals surface area contributed by atoms with Crippen molar-refractivity contribution in [2.75, 3.05) is 0 Å². The Morgan fingerprint density at radius 2 is 1.10 bits per heavy atom. The molecule has 0 atom stereocenters. The van der Waals surface area contributed by atoms with Gasteiger partial charge in [0.25, 0.3) is 23.6 Å². The third-order valence-electron chi connectivity index (χ3n) is 7.11. The Balaban J connectivity index is 0.00000260. The second kappa shape index (κ2) is 15.6. The van der Waals surface area contributed by atoms with Crippen molar-refractivity contribution in [1.82, 2.24) is 9.80 Å². The average molecular weight is 701 g/mol. The average Bonchev–Trinajstić information content (AvgIpc) is 3.54. The minimum Gasteiger partial charge on any atom is -0.744 e. The predicted octanol–water partition coefficient (Wildman–Crippen LogP) is -2.68. The number of hydrogen-bond acceptors (Lipinski definition) is 11. The topological polar surface area (TPSA) is 173 Å². The van der Waals surface area contributed by atoms with Crippen LogP contribution in [0.4, 0.5) is 0 Å². The van der Waals surface area contributed by atoms with E-state index in [-0.39, 0.29) is 98.3 Å². The summed E-state index contributed by atoms with van der Waals surface area (Å²) in [5, 5.41) is 13.7. The molecule has 2 aliphatic rings. The number of rotatable bonds is 8. The zero-order chi connectivity index (χ0) is 32.6. The van der Waals surface area contributed by atoms with Gasteiger partial charge in [-0.25, -0.2) is 18.2 Å². The van der Waals surface area contributed by atoms with E-state index in [0.29, 0.717) is 22.5 Å². The molecule has 0 unspecified atom stereocenters. The number of imide groups is 2. The van der Waals surface area contributed by atoms with E-state index in [2.05, 4.69) is 9.37 Å². The SMILES string of the molecule is O=C1C2=C(c3ccccc3)N(C(=O)c3cccc(S(=O)(=O)[O-])c3)C(=O)C2=C(c2ccccc2)N1C(=O)c1cccc(SOO[O-])c1.[Na+].[Na+]. The van der Waals surface area contributed by atoms with Crippen LogP contribution in [0, 0.1) is 0 Å². The first-order valence-electron chi connectivity index (χ1n) is 13.3. The Kier molecular flexibility index (Phi) is 12.2. The smallest absolute Gasteiger partial charge is 0.744 e. The molecule has 0 fully saturated rings. The van der Waals surface area contributed by atoms with Crippen LogP contribution in [0.15, 0.2) is 130 Å². The summed E-state index contributed by atoms with van der Waals surface area (Å²) in [7, 11) is -4.94. The number of amides is 4. The van der Waals surface area contributed by atoms with E-state index in [0.717, 1.165) is 21.9 Å². The summed E-state index contributed by atoms with van der Waals surface area (Å²) in [5.74, 6) is -3.64. The van der Waals surface area contributed by atoms with E-state index in [1.165, 1.54) is 36.4 Å². The second-order valence-corrected chi connectivity index (χ2v) is 12.0. The first kappa shape index (κ1) is 37.6. The van der Waals surface area contributed by atoms with Crippen molar-refractivity contribution in [1.29, 1.82) is 0 Å². The second-order valence-electron chi connectivity index (χ2n) is 9.80. The molecule has 4 aromatic rings. The van der Waals surface area contributed by atoms with Crippen molar-refractivity contribution in [2.24, 2.45) is 0 Å². The zero-order valence-corrected chi connectivity index (χ0v) is 30.8. The van der Waals surface area contributed by atoms with Gasteiger partial charge in [-0.15, -0.1) is 0 Å². The van der Waals surface area contributed by atoms with Crippen molar-refractivity contribution >= 4 is 57.2 Å². The molecule has 0 spiro atoms. The Hall–Kier alpha value is -3.22. The van der Waals surface area contributed by atoms with Gasteiger partial charge in [0.05, 0.1) is 39.5 Å². The Bertz CT molecular complexity index is 2110. The fourth-order valence-corrected chi connectivity index (χ4v) is 6.14. The molecule has 0 aliphatic carbocycles. The van der Waals surface area contributed by atoms with Gasteiger partial charge in [0, 0.05) is 16.0 Å². The van der Waals surface area contributed by atoms with Gasteiger partial charge in [-0.2, -0.15) is 4.33 Å². The molecular weight excluding hydrogens is 682 g/mol. The number of carbonyl (C=O) groups excluding carboxylic acids is 4. The predicted molar refractivity (Wildman–Crippen MR) is 158 cm³/mol. The first-order chi connectivity index (χ1) is 22.1. The van der Waals surface area contributed by atoms with Crippen molar-refractivity contribution in [3.63, 3.8) is 0 Å². The van der Waals surface area contributed by atoms with E-state index in [4.69, 9.17) is 0 Å². The summed E-state index contributed by atoms with van der Waals surface area (Å²) in [6.07, 6.45) is 0. The van der Waals surface area contributed by atoms with Crippen LogP contribution in [0.2, 0.25) is 0 Å². The molecule has 2 heterocycles. The van der Waals surface area contributed by atoms with Crippen molar-refractivity contribution in [2.45, 2.75) is 9.79 Å². The molecule has 2 aliphatic heterocycles. The normalized spacial score (nSPS) is 14.1. The van der Waals surface area contributed by atoms with Crippen LogP contribution in [-0.4, -0.2) is 46.4 Å². The molecule has 0 aromatic heterocycles. The molecule has 4 aromatic carbocycles. The maximum absolute atomic E-state index is 14.4. The third-order valence-corrected chi connectivity index (χ3v) is 8.52. The van der Waals surface area contributed by atoms with Gasteiger partial charge in [0.15, 0.2) is 0 Å². The molecule has 230 valence electrons. The molecule has 6 rings (SSSR count). The van der Waals surface area contributed by atoms with Gasteiger partial charge >= 0.3 is 59.1 Å². The minimum atomic E-state index is -4.94. The first-order valence-corrected chi connectivity index (χ1v) is 15.4. The number of fused-ring (bicyclic) bond motifs is 1. The fraction of sp³-hybridized carbons (Fsp3) is 0. The molecule has 0 bridgehead atoms. The van der Waals surface area contributed by atoms with Crippen molar-refractivity contribution in [3.05, 3.63) is 143 Å². The maximum atomic E-state index is 14.4. The van der Waals surface area contributed by atoms with Gasteiger partial charge in [-0.05, 0) is 47.5 Å². The number of benzene rings is 4. The van der Waals surface area contributed by atoms with E-state index in [1.54, 1.807) is 60.7 Å². The maximum Gasteiger partial charge on any atom is 1.00 e. The van der Waals surface area contributed by atoms with Crippen LogP contribution in [0.5, 0.6) is 0 Å². The minimum absolute atomic E-state index is 0. The van der Waals surface area contributed by atoms with Crippen LogP contribution < -0.4 is 64.4 Å². The molecule has 0 N–H and O–H groups in total. The summed E-state index contributed by atoms with van der Waals surface area (Å²) in [6.45, 7) is 0. The summed E-state index contributed by atoms with van der Waals surface area (Å²) in [4.78, 5) is 58.0. The summed E-state index contributed by atoms with van der Waals surface area (Å²) in [5.41, 5.74) is -0.328. The molecule has 48 heavy (non-hydrogen) atoms. The molecule has 4 amide bonds. The van der Waals surface area contributed by atoms with Crippen LogP contribution in [0.1, 0.15) is 31.8 Å². The third kappa shape index (κ3) is 7.07. The molecule has 0 radical (unpaired) electrons. The van der Waals surface area contributed by atoms with Crippen molar-refractivity contribution in [3.8, 4) is 0 Å². The van der Waals surface area contributed by atoms with Gasteiger partial charge in [0.2, 0.25) is 0 Å². The summed E-state index contributed by atoms with van der Waals surface area (Å²) in [6, 6.07) is 26.4. The molecule has 0 saturated carbocycles. The van der Waals surface area contributed by atoms with Crippen LogP contribution >= 0.6 is 12.0 Å². The van der Waals surface area contributed by atoms with Gasteiger partial charge in [-0.3, -0.25) is 24.2 Å². The van der Waals surface area contributed by atoms with Gasteiger partial charge < -0.3 is 9.81 Å². The van der Waals surface area contributed by atoms with Gasteiger partial charge in [0.1, 0.15) is 10.1 Å². The fourth-order valence-electron chi connectivity index (χ4n) is 5.21. The summed E-state index contributed by atoms with van der Waals surface area (Å²) < 4.78 is 39.4. The Morgan fingerprint density at radius 3 is 1.56 bits per heavy atom. The molecule has 12 nitrogen and oxygen atoms in total. The van der Waals surface area contributed by atoms with Gasteiger partial charge in [-0.1, -0.05) is 72.8 Å². The zero-order valence-electron chi connectivity index (χ0n) is 25.2. The van der Waals surface area contributed by atoms with Crippen LogP contribution in [0.25, 0.3) is 11.4 Å². The number of carbonyl (C=O) groups is 4. The summed E-state index contributed by atoms with van der Waals surface area (Å²) >= 11 is 0.544. The Morgan fingerprint density at radius 1 is 0.646 bits per heavy atom. The molecule has 16 heteroatoms. The van der Waals surface area contributed by atoms with Crippen LogP contribution in [-0.2, 0) is 29.1 Å². The molecule has 0 saturated heterocycles. The quantitative estimate of drug-likeness (QED) is 0.0468. The standard InChI is InChI=1S/C32H20N2O10S2.2Na/c35-29(21-13-7-15-23(17-21)45-44-43-39)33-27(19-9-3-1-4-10-19)25-26(31(33)37)28(20-11-5-2-6-12-20)34(32(25)38)30(36)22-14-8-16-24(18-22)46(40,41)42;;/h1-18,39H,(H,40,41,42);;/q;2*+1/p-2. The van der Waals surface area contributed by atoms with Crippen molar-refractivity contribution < 1.29 is 106 Å². The Labute approximate surface area is 322 Å². The van der Waals surface area contributed by atoms with E-state index >= 15 is 0 Å². The van der Waals surface area contributed by atoms with Crippen LogP contribution in [0.3, 0.4) is 0 Å². The number of nitrogens with zero attached hydrogens (tertiary/aromatic N) is 2. The van der Waals surface area contributed by atoms with E-state index in [1.807, 2.05) is 0 Å². The van der Waals surface area contributed by atoms with E-state index in [9.17, 15) is 37.4 Å². The molecular formula is C32H18N2Na2O10S2. The number of hydrogen-bond donors (Lipinski definition) is 0.